The molecule has 0 spiro atoms. The Morgan fingerprint density at radius 2 is 1.76 bits per heavy atom. The van der Waals surface area contributed by atoms with Crippen LogP contribution in [0.5, 0.6) is 0 Å². The summed E-state index contributed by atoms with van der Waals surface area (Å²) in [5.74, 6) is -5.91. The molecule has 0 amide bonds. The lowest BCUT2D eigenvalue weighted by molar-refractivity contribution is -0.153. The molecule has 0 aliphatic rings. The molecular formula is C8H4F4O4S. The normalized spacial score (nSPS) is 12.5. The molecule has 0 aromatic heterocycles. The molecule has 17 heavy (non-hydrogen) atoms. The number of carboxylic acids is 1. The number of alkyl halides is 2. The van der Waals surface area contributed by atoms with Crippen LogP contribution < -0.4 is 0 Å². The molecular weight excluding hydrogens is 268 g/mol. The first kappa shape index (κ1) is 13.4. The summed E-state index contributed by atoms with van der Waals surface area (Å²) in [6.07, 6.45) is 0. The van der Waals surface area contributed by atoms with E-state index in [1.807, 2.05) is 0 Å². The van der Waals surface area contributed by atoms with Crippen LogP contribution in [0.15, 0.2) is 23.1 Å². The molecule has 1 N–H and O–H groups in total. The summed E-state index contributed by atoms with van der Waals surface area (Å²) >= 11 is 0. The highest BCUT2D eigenvalue weighted by molar-refractivity contribution is 7.93. The number of hydrogen-bond donors (Lipinski definition) is 1. The Kier molecular flexibility index (Phi) is 3.15. The molecule has 0 saturated carbocycles. The number of sulfone groups is 1. The molecule has 0 atom stereocenters. The highest BCUT2D eigenvalue weighted by atomic mass is 32.2. The van der Waals surface area contributed by atoms with Gasteiger partial charge in [0.2, 0.25) is 0 Å². The van der Waals surface area contributed by atoms with Crippen molar-refractivity contribution in [2.45, 2.75) is 10.2 Å². The topological polar surface area (TPSA) is 71.4 Å². The van der Waals surface area contributed by atoms with E-state index >= 15 is 0 Å². The zero-order valence-corrected chi connectivity index (χ0v) is 8.64. The fourth-order valence-corrected chi connectivity index (χ4v) is 2.02. The maximum atomic E-state index is 13.0. The molecule has 0 radical (unpaired) electrons. The van der Waals surface area contributed by atoms with Crippen molar-refractivity contribution in [1.29, 1.82) is 0 Å². The first-order chi connectivity index (χ1) is 7.60. The van der Waals surface area contributed by atoms with Crippen molar-refractivity contribution in [1.82, 2.24) is 0 Å². The van der Waals surface area contributed by atoms with E-state index in [9.17, 15) is 30.8 Å². The van der Waals surface area contributed by atoms with Crippen molar-refractivity contribution >= 4 is 15.8 Å². The summed E-state index contributed by atoms with van der Waals surface area (Å²) in [7, 11) is -5.76. The Balaban J connectivity index is 3.47. The molecule has 0 heterocycles. The van der Waals surface area contributed by atoms with Crippen molar-refractivity contribution in [3.8, 4) is 0 Å². The fraction of sp³-hybridized carbons (Fsp3) is 0.125. The maximum absolute atomic E-state index is 13.0. The van der Waals surface area contributed by atoms with Crippen molar-refractivity contribution in [2.75, 3.05) is 0 Å². The van der Waals surface area contributed by atoms with Crippen LogP contribution in [0.1, 0.15) is 0 Å². The lowest BCUT2D eigenvalue weighted by atomic mass is 10.3. The molecule has 0 bridgehead atoms. The van der Waals surface area contributed by atoms with Crippen LogP contribution in [0.4, 0.5) is 17.6 Å². The number of halogens is 4. The number of hydrogen-bond acceptors (Lipinski definition) is 3. The van der Waals surface area contributed by atoms with E-state index in [0.29, 0.717) is 6.07 Å². The number of carboxylic acid groups (broad SMARTS) is 1. The Bertz CT molecular complexity index is 567. The zero-order valence-electron chi connectivity index (χ0n) is 7.82. The molecule has 1 rings (SSSR count). The van der Waals surface area contributed by atoms with E-state index in [1.54, 1.807) is 0 Å². The lowest BCUT2D eigenvalue weighted by Gasteiger charge is -2.12. The van der Waals surface area contributed by atoms with E-state index in [0.717, 1.165) is 0 Å². The number of rotatable bonds is 3. The molecule has 0 unspecified atom stereocenters. The monoisotopic (exact) mass is 272 g/mol. The van der Waals surface area contributed by atoms with Gasteiger partial charge in [0.05, 0.1) is 0 Å². The molecule has 94 valence electrons. The predicted molar refractivity (Wildman–Crippen MR) is 46.1 cm³/mol. The Morgan fingerprint density at radius 3 is 2.18 bits per heavy atom. The molecule has 0 aliphatic heterocycles. The molecule has 9 heteroatoms. The molecule has 0 aliphatic carbocycles. The Labute approximate surface area is 92.4 Å². The van der Waals surface area contributed by atoms with E-state index in [-0.39, 0.29) is 12.1 Å². The Hall–Kier alpha value is -1.64. The third-order valence-corrected chi connectivity index (χ3v) is 3.53. The van der Waals surface area contributed by atoms with Gasteiger partial charge in [-0.25, -0.2) is 22.0 Å². The predicted octanol–water partition coefficient (Wildman–Crippen LogP) is 1.42. The second-order valence-electron chi connectivity index (χ2n) is 2.90. The van der Waals surface area contributed by atoms with Gasteiger partial charge < -0.3 is 5.11 Å². The maximum Gasteiger partial charge on any atom is 0.444 e. The van der Waals surface area contributed by atoms with Crippen LogP contribution in [0.25, 0.3) is 0 Å². The van der Waals surface area contributed by atoms with Gasteiger partial charge in [-0.15, -0.1) is 0 Å². The summed E-state index contributed by atoms with van der Waals surface area (Å²) in [5.41, 5.74) is 0. The summed E-state index contributed by atoms with van der Waals surface area (Å²) in [6.45, 7) is 0. The second kappa shape index (κ2) is 3.99. The van der Waals surface area contributed by atoms with E-state index in [2.05, 4.69) is 0 Å². The minimum atomic E-state index is -5.76. The van der Waals surface area contributed by atoms with Gasteiger partial charge in [-0.05, 0) is 12.1 Å². The first-order valence-corrected chi connectivity index (χ1v) is 5.40. The largest absolute Gasteiger partial charge is 0.476 e. The average Bonchev–Trinajstić information content (AvgIpc) is 2.16. The van der Waals surface area contributed by atoms with Crippen LogP contribution in [0.2, 0.25) is 0 Å². The van der Waals surface area contributed by atoms with Crippen LogP contribution in [-0.2, 0) is 14.6 Å². The molecule has 0 fully saturated rings. The highest BCUT2D eigenvalue weighted by Gasteiger charge is 2.54. The van der Waals surface area contributed by atoms with Crippen LogP contribution in [-0.4, -0.2) is 24.7 Å². The van der Waals surface area contributed by atoms with Crippen molar-refractivity contribution in [3.05, 3.63) is 29.8 Å². The Morgan fingerprint density at radius 1 is 1.24 bits per heavy atom. The van der Waals surface area contributed by atoms with Gasteiger partial charge in [0, 0.05) is 6.07 Å². The summed E-state index contributed by atoms with van der Waals surface area (Å²) in [6, 6.07) is 0.718. The molecule has 1 aromatic carbocycles. The molecule has 4 nitrogen and oxygen atoms in total. The van der Waals surface area contributed by atoms with Gasteiger partial charge in [-0.3, -0.25) is 0 Å². The summed E-state index contributed by atoms with van der Waals surface area (Å²) < 4.78 is 73.4. The summed E-state index contributed by atoms with van der Waals surface area (Å²) in [4.78, 5) is 8.52. The first-order valence-electron chi connectivity index (χ1n) is 3.91. The van der Waals surface area contributed by atoms with E-state index in [4.69, 9.17) is 5.11 Å². The van der Waals surface area contributed by atoms with Gasteiger partial charge in [-0.2, -0.15) is 8.78 Å². The third-order valence-electron chi connectivity index (χ3n) is 1.77. The molecule has 1 aromatic rings. The number of carbonyl (C=O) groups is 1. The summed E-state index contributed by atoms with van der Waals surface area (Å²) in [5, 5.41) is 2.87. The quantitative estimate of drug-likeness (QED) is 0.667. The second-order valence-corrected chi connectivity index (χ2v) is 4.86. The van der Waals surface area contributed by atoms with Gasteiger partial charge in [-0.1, -0.05) is 0 Å². The zero-order chi connectivity index (χ0) is 13.4. The van der Waals surface area contributed by atoms with Crippen LogP contribution in [0, 0.1) is 11.6 Å². The third kappa shape index (κ3) is 2.09. The highest BCUT2D eigenvalue weighted by Crippen LogP contribution is 2.31. The number of benzene rings is 1. The minimum absolute atomic E-state index is 0.0603. The lowest BCUT2D eigenvalue weighted by Crippen LogP contribution is -2.38. The average molecular weight is 272 g/mol. The number of aliphatic carboxylic acids is 1. The standard InChI is InChI=1S/C8H4F4O4S/c9-4-1-2-6(5(10)3-4)17(15,16)8(11,12)7(13)14/h1-3H,(H,13,14). The van der Waals surface area contributed by atoms with Gasteiger partial charge in [0.25, 0.3) is 9.84 Å². The van der Waals surface area contributed by atoms with Crippen molar-refractivity contribution in [3.63, 3.8) is 0 Å². The van der Waals surface area contributed by atoms with Crippen LogP contribution >= 0.6 is 0 Å². The van der Waals surface area contributed by atoms with E-state index in [1.165, 1.54) is 0 Å². The van der Waals surface area contributed by atoms with Gasteiger partial charge in [0.1, 0.15) is 16.5 Å². The van der Waals surface area contributed by atoms with Crippen molar-refractivity contribution < 1.29 is 35.9 Å². The molecule has 0 saturated heterocycles. The smallest absolute Gasteiger partial charge is 0.444 e. The van der Waals surface area contributed by atoms with Gasteiger partial charge in [0.15, 0.2) is 0 Å². The van der Waals surface area contributed by atoms with Gasteiger partial charge >= 0.3 is 11.2 Å². The van der Waals surface area contributed by atoms with Crippen molar-refractivity contribution in [2.24, 2.45) is 0 Å². The van der Waals surface area contributed by atoms with E-state index < -0.39 is 37.6 Å². The fourth-order valence-electron chi connectivity index (χ4n) is 0.946. The minimum Gasteiger partial charge on any atom is -0.476 e. The van der Waals surface area contributed by atoms with Crippen LogP contribution in [0.3, 0.4) is 0 Å². The SMILES string of the molecule is O=C(O)C(F)(F)S(=O)(=O)c1ccc(F)cc1F.